The lowest BCUT2D eigenvalue weighted by molar-refractivity contribution is 0.103. The monoisotopic (exact) mass is 222 g/mol. The maximum atomic E-state index is 9.91. The van der Waals surface area contributed by atoms with Gasteiger partial charge in [0.2, 0.25) is 0 Å². The first kappa shape index (κ1) is 15.2. The molecule has 0 saturated heterocycles. The summed E-state index contributed by atoms with van der Waals surface area (Å²) in [5.74, 6) is 0. The summed E-state index contributed by atoms with van der Waals surface area (Å²) in [6.07, 6.45) is 14.2. The van der Waals surface area contributed by atoms with Crippen LogP contribution in [-0.4, -0.2) is 10.7 Å². The maximum absolute atomic E-state index is 9.91. The molecule has 0 aliphatic heterocycles. The topological polar surface area (TPSA) is 20.2 Å². The van der Waals surface area contributed by atoms with E-state index in [1.165, 1.54) is 5.57 Å². The molecule has 0 aromatic heterocycles. The Morgan fingerprint density at radius 2 is 1.88 bits per heavy atom. The minimum absolute atomic E-state index is 0.658. The summed E-state index contributed by atoms with van der Waals surface area (Å²) < 4.78 is 0. The molecule has 0 spiro atoms. The molecule has 0 bridgehead atoms. The Morgan fingerprint density at radius 1 is 1.19 bits per heavy atom. The van der Waals surface area contributed by atoms with Crippen LogP contribution in [0.3, 0.4) is 0 Å². The summed E-state index contributed by atoms with van der Waals surface area (Å²) in [5.41, 5.74) is 0.754. The zero-order valence-electron chi connectivity index (χ0n) is 11.2. The second kappa shape index (κ2) is 8.35. The van der Waals surface area contributed by atoms with Gasteiger partial charge in [0.1, 0.15) is 0 Å². The summed E-state index contributed by atoms with van der Waals surface area (Å²) in [4.78, 5) is 0. The molecule has 0 fully saturated rings. The summed E-state index contributed by atoms with van der Waals surface area (Å²) in [5, 5.41) is 9.91. The molecule has 1 N–H and O–H groups in total. The molecular formula is C15H26O. The van der Waals surface area contributed by atoms with E-state index in [-0.39, 0.29) is 0 Å². The lowest BCUT2D eigenvalue weighted by Gasteiger charge is -2.17. The average molecular weight is 222 g/mol. The van der Waals surface area contributed by atoms with Crippen LogP contribution in [0.2, 0.25) is 0 Å². The Balaban J connectivity index is 3.90. The molecule has 0 aliphatic carbocycles. The van der Waals surface area contributed by atoms with Crippen molar-refractivity contribution in [2.75, 3.05) is 0 Å². The van der Waals surface area contributed by atoms with Crippen molar-refractivity contribution in [3.05, 3.63) is 36.0 Å². The molecule has 16 heavy (non-hydrogen) atoms. The Morgan fingerprint density at radius 3 is 2.44 bits per heavy atom. The quantitative estimate of drug-likeness (QED) is 0.633. The van der Waals surface area contributed by atoms with Gasteiger partial charge in [0.15, 0.2) is 0 Å². The first-order valence-electron chi connectivity index (χ1n) is 6.15. The number of allylic oxidation sites excluding steroid dienone is 5. The Bertz CT molecular complexity index is 257. The van der Waals surface area contributed by atoms with Crippen molar-refractivity contribution in [1.29, 1.82) is 0 Å². The van der Waals surface area contributed by atoms with Gasteiger partial charge in [0.05, 0.1) is 5.60 Å². The zero-order valence-corrected chi connectivity index (χ0v) is 11.2. The normalized spacial score (nSPS) is 17.2. The van der Waals surface area contributed by atoms with Gasteiger partial charge in [-0.15, -0.1) is 0 Å². The van der Waals surface area contributed by atoms with Gasteiger partial charge in [-0.3, -0.25) is 0 Å². The minimum atomic E-state index is -0.658. The fourth-order valence-corrected chi connectivity index (χ4v) is 1.63. The SMILES string of the molecule is CC=CCCC(C)=CCCC(C)(O)C=CC. The molecule has 1 heteroatoms. The lowest BCUT2D eigenvalue weighted by atomic mass is 9.98. The van der Waals surface area contributed by atoms with Crippen molar-refractivity contribution in [2.24, 2.45) is 0 Å². The molecule has 0 aromatic rings. The highest BCUT2D eigenvalue weighted by atomic mass is 16.3. The van der Waals surface area contributed by atoms with Gasteiger partial charge < -0.3 is 5.11 Å². The smallest absolute Gasteiger partial charge is 0.0802 e. The molecule has 1 unspecified atom stereocenters. The average Bonchev–Trinajstić information content (AvgIpc) is 2.17. The molecular weight excluding hydrogens is 196 g/mol. The highest BCUT2D eigenvalue weighted by molar-refractivity contribution is 5.03. The predicted octanol–water partition coefficient (Wildman–Crippen LogP) is 4.40. The number of rotatable bonds is 7. The van der Waals surface area contributed by atoms with E-state index >= 15 is 0 Å². The highest BCUT2D eigenvalue weighted by Crippen LogP contribution is 2.16. The van der Waals surface area contributed by atoms with Crippen LogP contribution in [0.15, 0.2) is 36.0 Å². The van der Waals surface area contributed by atoms with Crippen LogP contribution >= 0.6 is 0 Å². The van der Waals surface area contributed by atoms with Crippen molar-refractivity contribution >= 4 is 0 Å². The summed E-state index contributed by atoms with van der Waals surface area (Å²) >= 11 is 0. The van der Waals surface area contributed by atoms with E-state index in [1.807, 2.05) is 32.9 Å². The van der Waals surface area contributed by atoms with E-state index in [0.29, 0.717) is 0 Å². The van der Waals surface area contributed by atoms with Crippen molar-refractivity contribution in [3.63, 3.8) is 0 Å². The van der Waals surface area contributed by atoms with E-state index < -0.39 is 5.60 Å². The Kier molecular flexibility index (Phi) is 7.92. The van der Waals surface area contributed by atoms with Gasteiger partial charge in [-0.05, 0) is 53.4 Å². The molecule has 0 aliphatic rings. The van der Waals surface area contributed by atoms with Gasteiger partial charge >= 0.3 is 0 Å². The van der Waals surface area contributed by atoms with Crippen LogP contribution in [0.5, 0.6) is 0 Å². The second-order valence-electron chi connectivity index (χ2n) is 4.55. The van der Waals surface area contributed by atoms with Crippen molar-refractivity contribution < 1.29 is 5.11 Å². The lowest BCUT2D eigenvalue weighted by Crippen LogP contribution is -2.19. The number of aliphatic hydroxyl groups is 1. The van der Waals surface area contributed by atoms with E-state index in [9.17, 15) is 5.11 Å². The number of hydrogen-bond acceptors (Lipinski definition) is 1. The van der Waals surface area contributed by atoms with Crippen LogP contribution in [0.4, 0.5) is 0 Å². The van der Waals surface area contributed by atoms with Gasteiger partial charge in [-0.1, -0.05) is 36.0 Å². The van der Waals surface area contributed by atoms with Crippen molar-refractivity contribution in [3.8, 4) is 0 Å². The largest absolute Gasteiger partial charge is 0.386 e. The van der Waals surface area contributed by atoms with Crippen LogP contribution in [-0.2, 0) is 0 Å². The minimum Gasteiger partial charge on any atom is -0.386 e. The molecule has 0 heterocycles. The molecule has 0 aromatic carbocycles. The van der Waals surface area contributed by atoms with Crippen LogP contribution in [0, 0.1) is 0 Å². The zero-order chi connectivity index (χ0) is 12.4. The fraction of sp³-hybridized carbons (Fsp3) is 0.600. The van der Waals surface area contributed by atoms with Crippen LogP contribution in [0.1, 0.15) is 53.4 Å². The van der Waals surface area contributed by atoms with Crippen LogP contribution in [0.25, 0.3) is 0 Å². The molecule has 1 atom stereocenters. The van der Waals surface area contributed by atoms with E-state index in [0.717, 1.165) is 25.7 Å². The third-order valence-electron chi connectivity index (χ3n) is 2.61. The summed E-state index contributed by atoms with van der Waals surface area (Å²) in [7, 11) is 0. The first-order valence-corrected chi connectivity index (χ1v) is 6.15. The van der Waals surface area contributed by atoms with E-state index in [2.05, 4.69) is 25.2 Å². The third kappa shape index (κ3) is 8.49. The van der Waals surface area contributed by atoms with Gasteiger partial charge in [0.25, 0.3) is 0 Å². The van der Waals surface area contributed by atoms with E-state index in [1.54, 1.807) is 0 Å². The van der Waals surface area contributed by atoms with Gasteiger partial charge in [0, 0.05) is 0 Å². The molecule has 0 saturated carbocycles. The van der Waals surface area contributed by atoms with Gasteiger partial charge in [-0.25, -0.2) is 0 Å². The Labute approximate surface area is 101 Å². The second-order valence-corrected chi connectivity index (χ2v) is 4.55. The van der Waals surface area contributed by atoms with Crippen molar-refractivity contribution in [2.45, 2.75) is 59.0 Å². The summed E-state index contributed by atoms with van der Waals surface area (Å²) in [6, 6.07) is 0. The highest BCUT2D eigenvalue weighted by Gasteiger charge is 2.13. The fourth-order valence-electron chi connectivity index (χ4n) is 1.63. The standard InChI is InChI=1S/C15H26O/c1-5-7-8-10-14(3)11-9-13-15(4,16)12-6-2/h5-7,11-12,16H,8-10,13H2,1-4H3. The van der Waals surface area contributed by atoms with Crippen molar-refractivity contribution in [1.82, 2.24) is 0 Å². The maximum Gasteiger partial charge on any atom is 0.0802 e. The Hall–Kier alpha value is -0.820. The molecule has 0 radical (unpaired) electrons. The molecule has 0 rings (SSSR count). The molecule has 0 amide bonds. The van der Waals surface area contributed by atoms with Gasteiger partial charge in [-0.2, -0.15) is 0 Å². The summed E-state index contributed by atoms with van der Waals surface area (Å²) in [6.45, 7) is 8.00. The molecule has 92 valence electrons. The van der Waals surface area contributed by atoms with Crippen LogP contribution < -0.4 is 0 Å². The number of hydrogen-bond donors (Lipinski definition) is 1. The first-order chi connectivity index (χ1) is 7.52. The van der Waals surface area contributed by atoms with E-state index in [4.69, 9.17) is 0 Å². The third-order valence-corrected chi connectivity index (χ3v) is 2.61. The predicted molar refractivity (Wildman–Crippen MR) is 72.5 cm³/mol. The molecule has 1 nitrogen and oxygen atoms in total.